The molecule has 0 radical (unpaired) electrons. The van der Waals surface area contributed by atoms with Crippen LogP contribution in [0.15, 0.2) is 30.6 Å². The minimum Gasteiger partial charge on any atom is -0.383 e. The average molecular weight is 212 g/mol. The molecule has 0 bridgehead atoms. The standard InChI is InChI=1S/C12H12N4/c1-2-16-8-15-11(12(16)14)10-5-3-4-9(6-10)7-13/h3-6,8H,2,14H2,1H3. The molecule has 0 amide bonds. The average Bonchev–Trinajstić information content (AvgIpc) is 2.70. The molecule has 1 heterocycles. The Morgan fingerprint density at radius 2 is 2.31 bits per heavy atom. The number of nitrogens with two attached hydrogens (primary N) is 1. The predicted octanol–water partition coefficient (Wildman–Crippen LogP) is 2.02. The zero-order chi connectivity index (χ0) is 11.5. The van der Waals surface area contributed by atoms with Crippen molar-refractivity contribution in [3.8, 4) is 17.3 Å². The van der Waals surface area contributed by atoms with E-state index in [9.17, 15) is 0 Å². The van der Waals surface area contributed by atoms with Gasteiger partial charge in [-0.1, -0.05) is 12.1 Å². The van der Waals surface area contributed by atoms with E-state index in [4.69, 9.17) is 11.0 Å². The molecule has 0 atom stereocenters. The normalized spacial score (nSPS) is 10.0. The number of benzene rings is 1. The number of nitriles is 1. The minimum atomic E-state index is 0.614. The number of hydrogen-bond donors (Lipinski definition) is 1. The van der Waals surface area contributed by atoms with Gasteiger partial charge in [0.25, 0.3) is 0 Å². The van der Waals surface area contributed by atoms with Crippen LogP contribution in [0.1, 0.15) is 12.5 Å². The molecule has 1 aromatic carbocycles. The van der Waals surface area contributed by atoms with Crippen LogP contribution in [-0.4, -0.2) is 9.55 Å². The van der Waals surface area contributed by atoms with E-state index >= 15 is 0 Å². The first kappa shape index (κ1) is 10.2. The summed E-state index contributed by atoms with van der Waals surface area (Å²) in [5, 5.41) is 8.82. The number of hydrogen-bond acceptors (Lipinski definition) is 3. The zero-order valence-electron chi connectivity index (χ0n) is 9.01. The summed E-state index contributed by atoms with van der Waals surface area (Å²) < 4.78 is 1.87. The van der Waals surface area contributed by atoms with Crippen LogP contribution in [0.3, 0.4) is 0 Å². The van der Waals surface area contributed by atoms with Crippen LogP contribution in [0.5, 0.6) is 0 Å². The molecule has 2 N–H and O–H groups in total. The number of aromatic nitrogens is 2. The predicted molar refractivity (Wildman–Crippen MR) is 62.5 cm³/mol. The Morgan fingerprint density at radius 3 is 2.94 bits per heavy atom. The molecule has 4 nitrogen and oxygen atoms in total. The van der Waals surface area contributed by atoms with Crippen molar-refractivity contribution in [3.63, 3.8) is 0 Å². The van der Waals surface area contributed by atoms with Crippen molar-refractivity contribution in [2.24, 2.45) is 0 Å². The molecule has 80 valence electrons. The number of imidazole rings is 1. The molecule has 16 heavy (non-hydrogen) atoms. The van der Waals surface area contributed by atoms with E-state index in [0.717, 1.165) is 17.8 Å². The Morgan fingerprint density at radius 1 is 1.50 bits per heavy atom. The smallest absolute Gasteiger partial charge is 0.131 e. The summed E-state index contributed by atoms with van der Waals surface area (Å²) in [5.74, 6) is 0.637. The lowest BCUT2D eigenvalue weighted by molar-refractivity contribution is 0.771. The molecule has 0 saturated carbocycles. The molecule has 1 aromatic heterocycles. The van der Waals surface area contributed by atoms with Gasteiger partial charge in [0.2, 0.25) is 0 Å². The second kappa shape index (κ2) is 4.07. The zero-order valence-corrected chi connectivity index (χ0v) is 9.01. The lowest BCUT2D eigenvalue weighted by Gasteiger charge is -2.02. The maximum Gasteiger partial charge on any atom is 0.131 e. The van der Waals surface area contributed by atoms with Gasteiger partial charge in [-0.3, -0.25) is 0 Å². The van der Waals surface area contributed by atoms with Gasteiger partial charge < -0.3 is 10.3 Å². The van der Waals surface area contributed by atoms with Gasteiger partial charge in [0.1, 0.15) is 11.5 Å². The summed E-state index contributed by atoms with van der Waals surface area (Å²) in [4.78, 5) is 4.26. The third kappa shape index (κ3) is 1.63. The molecule has 0 saturated heterocycles. The Hall–Kier alpha value is -2.28. The van der Waals surface area contributed by atoms with Gasteiger partial charge in [0.15, 0.2) is 0 Å². The molecule has 0 unspecified atom stereocenters. The van der Waals surface area contributed by atoms with Crippen LogP contribution in [-0.2, 0) is 6.54 Å². The summed E-state index contributed by atoms with van der Waals surface area (Å²) in [5.41, 5.74) is 8.18. The van der Waals surface area contributed by atoms with Crippen molar-refractivity contribution in [1.29, 1.82) is 5.26 Å². The fraction of sp³-hybridized carbons (Fsp3) is 0.167. The van der Waals surface area contributed by atoms with Crippen molar-refractivity contribution in [2.75, 3.05) is 5.73 Å². The Bertz CT molecular complexity index is 548. The highest BCUT2D eigenvalue weighted by Crippen LogP contribution is 2.24. The summed E-state index contributed by atoms with van der Waals surface area (Å²) in [6, 6.07) is 9.39. The molecule has 0 fully saturated rings. The van der Waals surface area contributed by atoms with Crippen molar-refractivity contribution >= 4 is 5.82 Å². The van der Waals surface area contributed by atoms with E-state index < -0.39 is 0 Å². The minimum absolute atomic E-state index is 0.614. The summed E-state index contributed by atoms with van der Waals surface area (Å²) in [7, 11) is 0. The molecule has 0 aliphatic heterocycles. The van der Waals surface area contributed by atoms with Crippen molar-refractivity contribution in [3.05, 3.63) is 36.2 Å². The van der Waals surface area contributed by atoms with Crippen LogP contribution in [0.2, 0.25) is 0 Å². The lowest BCUT2D eigenvalue weighted by Crippen LogP contribution is -1.99. The Balaban J connectivity index is 2.51. The van der Waals surface area contributed by atoms with E-state index in [0.29, 0.717) is 11.4 Å². The van der Waals surface area contributed by atoms with Crippen LogP contribution < -0.4 is 5.73 Å². The van der Waals surface area contributed by atoms with E-state index in [1.54, 1.807) is 18.5 Å². The van der Waals surface area contributed by atoms with E-state index in [2.05, 4.69) is 11.1 Å². The van der Waals surface area contributed by atoms with Crippen LogP contribution >= 0.6 is 0 Å². The maximum absolute atomic E-state index is 8.82. The van der Waals surface area contributed by atoms with E-state index in [-0.39, 0.29) is 0 Å². The van der Waals surface area contributed by atoms with Gasteiger partial charge in [-0.05, 0) is 19.1 Å². The number of anilines is 1. The Labute approximate surface area is 94.0 Å². The number of rotatable bonds is 2. The highest BCUT2D eigenvalue weighted by Gasteiger charge is 2.08. The molecule has 0 aliphatic rings. The number of aryl methyl sites for hydroxylation is 1. The maximum atomic E-state index is 8.82. The van der Waals surface area contributed by atoms with E-state index in [1.165, 1.54) is 0 Å². The van der Waals surface area contributed by atoms with Crippen LogP contribution in [0.4, 0.5) is 5.82 Å². The third-order valence-corrected chi connectivity index (χ3v) is 2.48. The van der Waals surface area contributed by atoms with Crippen molar-refractivity contribution < 1.29 is 0 Å². The van der Waals surface area contributed by atoms with E-state index in [1.807, 2.05) is 23.6 Å². The summed E-state index contributed by atoms with van der Waals surface area (Å²) in [6.45, 7) is 2.80. The van der Waals surface area contributed by atoms with Gasteiger partial charge in [-0.15, -0.1) is 0 Å². The largest absolute Gasteiger partial charge is 0.383 e. The highest BCUT2D eigenvalue weighted by atomic mass is 15.1. The van der Waals surface area contributed by atoms with Crippen LogP contribution in [0, 0.1) is 11.3 Å². The SMILES string of the molecule is CCn1cnc(-c2cccc(C#N)c2)c1N. The quantitative estimate of drug-likeness (QED) is 0.828. The van der Waals surface area contributed by atoms with Gasteiger partial charge in [0, 0.05) is 12.1 Å². The molecule has 0 spiro atoms. The fourth-order valence-electron chi connectivity index (χ4n) is 1.60. The molecular weight excluding hydrogens is 200 g/mol. The lowest BCUT2D eigenvalue weighted by atomic mass is 10.1. The first-order chi connectivity index (χ1) is 7.76. The third-order valence-electron chi connectivity index (χ3n) is 2.48. The van der Waals surface area contributed by atoms with Crippen molar-refractivity contribution in [2.45, 2.75) is 13.5 Å². The van der Waals surface area contributed by atoms with Gasteiger partial charge >= 0.3 is 0 Å². The second-order valence-corrected chi connectivity index (χ2v) is 3.46. The highest BCUT2D eigenvalue weighted by molar-refractivity contribution is 5.71. The monoisotopic (exact) mass is 212 g/mol. The molecular formula is C12H12N4. The summed E-state index contributed by atoms with van der Waals surface area (Å²) >= 11 is 0. The summed E-state index contributed by atoms with van der Waals surface area (Å²) in [6.07, 6.45) is 1.71. The molecule has 4 heteroatoms. The number of nitrogens with zero attached hydrogens (tertiary/aromatic N) is 3. The first-order valence-electron chi connectivity index (χ1n) is 5.07. The molecule has 0 aliphatic carbocycles. The Kier molecular flexibility index (Phi) is 2.61. The van der Waals surface area contributed by atoms with Crippen molar-refractivity contribution in [1.82, 2.24) is 9.55 Å². The van der Waals surface area contributed by atoms with Crippen LogP contribution in [0.25, 0.3) is 11.3 Å². The number of nitrogen functional groups attached to an aromatic ring is 1. The van der Waals surface area contributed by atoms with Gasteiger partial charge in [0.05, 0.1) is 18.0 Å². The topological polar surface area (TPSA) is 67.6 Å². The second-order valence-electron chi connectivity index (χ2n) is 3.46. The molecule has 2 aromatic rings. The van der Waals surface area contributed by atoms with Gasteiger partial charge in [-0.25, -0.2) is 4.98 Å². The molecule has 2 rings (SSSR count). The van der Waals surface area contributed by atoms with Gasteiger partial charge in [-0.2, -0.15) is 5.26 Å². The first-order valence-corrected chi connectivity index (χ1v) is 5.07. The fourth-order valence-corrected chi connectivity index (χ4v) is 1.60.